The molecular weight excluding hydrogens is 386 g/mol. The summed E-state index contributed by atoms with van der Waals surface area (Å²) in [4.78, 5) is 26.8. The predicted octanol–water partition coefficient (Wildman–Crippen LogP) is 3.88. The average Bonchev–Trinajstić information content (AvgIpc) is 2.85. The zero-order valence-corrected chi connectivity index (χ0v) is 18.3. The highest BCUT2D eigenvalue weighted by Gasteiger charge is 2.29. The van der Waals surface area contributed by atoms with Crippen LogP contribution < -0.4 is 15.1 Å². The molecule has 1 aliphatic carbocycles. The molecule has 31 heavy (non-hydrogen) atoms. The highest BCUT2D eigenvalue weighted by Crippen LogP contribution is 2.31. The van der Waals surface area contributed by atoms with E-state index in [0.717, 1.165) is 69.9 Å². The summed E-state index contributed by atoms with van der Waals surface area (Å²) in [6.45, 7) is 3.88. The fourth-order valence-electron chi connectivity index (χ4n) is 5.33. The first-order chi connectivity index (χ1) is 15.3. The van der Waals surface area contributed by atoms with Gasteiger partial charge in [0, 0.05) is 32.1 Å². The molecule has 2 aliphatic heterocycles. The van der Waals surface area contributed by atoms with Gasteiger partial charge < -0.3 is 15.1 Å². The molecule has 3 heterocycles. The van der Waals surface area contributed by atoms with Crippen molar-refractivity contribution in [2.45, 2.75) is 57.4 Å². The lowest BCUT2D eigenvalue weighted by molar-refractivity contribution is -0.126. The number of nitrogens with one attached hydrogen (secondary N) is 1. The van der Waals surface area contributed by atoms with Crippen molar-refractivity contribution in [1.29, 1.82) is 0 Å². The largest absolute Gasteiger partial charge is 0.369 e. The number of rotatable bonds is 4. The molecule has 1 N–H and O–H groups in total. The lowest BCUT2D eigenvalue weighted by Crippen LogP contribution is -2.42. The minimum Gasteiger partial charge on any atom is -0.369 e. The van der Waals surface area contributed by atoms with Crippen LogP contribution in [-0.2, 0) is 11.2 Å². The molecule has 2 aromatic rings. The van der Waals surface area contributed by atoms with E-state index in [0.29, 0.717) is 0 Å². The van der Waals surface area contributed by atoms with Gasteiger partial charge in [-0.15, -0.1) is 0 Å². The van der Waals surface area contributed by atoms with E-state index in [1.807, 2.05) is 12.4 Å². The Bertz CT molecular complexity index is 885. The van der Waals surface area contributed by atoms with E-state index < -0.39 is 0 Å². The minimum atomic E-state index is 0.0962. The summed E-state index contributed by atoms with van der Waals surface area (Å²) in [5, 5.41) is 3.36. The molecule has 1 unspecified atom stereocenters. The number of benzene rings is 1. The molecule has 0 radical (unpaired) electrons. The fraction of sp³-hybridized carbons (Fsp3) is 0.560. The fourth-order valence-corrected chi connectivity index (χ4v) is 5.33. The number of fused-ring (bicyclic) bond motifs is 1. The number of aromatic nitrogens is 2. The van der Waals surface area contributed by atoms with Crippen molar-refractivity contribution < 1.29 is 4.79 Å². The number of hydrogen-bond donors (Lipinski definition) is 1. The number of carbonyl (C=O) groups excluding carboxylic acids is 1. The Morgan fingerprint density at radius 3 is 2.39 bits per heavy atom. The third kappa shape index (κ3) is 4.53. The summed E-state index contributed by atoms with van der Waals surface area (Å²) in [5.74, 6) is 1.17. The molecule has 1 aromatic heterocycles. The van der Waals surface area contributed by atoms with Gasteiger partial charge in [-0.05, 0) is 62.5 Å². The predicted molar refractivity (Wildman–Crippen MR) is 123 cm³/mol. The second kappa shape index (κ2) is 9.25. The van der Waals surface area contributed by atoms with Crippen molar-refractivity contribution >= 4 is 17.5 Å². The van der Waals surface area contributed by atoms with E-state index in [1.165, 1.54) is 30.4 Å². The maximum absolute atomic E-state index is 13.0. The standard InChI is InChI=1S/C25H33N5O/c31-24(28-23-10-6-8-19-7-2-3-9-22(19)23)20-11-15-29(16-12-20)21-17-26-25(27-18-21)30-13-4-1-5-14-30/h2-3,7,9,17-18,20,23H,1,4-6,8,10-16H2,(H,28,31). The van der Waals surface area contributed by atoms with E-state index in [9.17, 15) is 4.79 Å². The molecule has 0 saturated carbocycles. The molecule has 5 rings (SSSR count). The van der Waals surface area contributed by atoms with Gasteiger partial charge in [0.25, 0.3) is 0 Å². The molecule has 164 valence electrons. The number of carbonyl (C=O) groups is 1. The molecule has 1 aromatic carbocycles. The zero-order valence-electron chi connectivity index (χ0n) is 18.3. The van der Waals surface area contributed by atoms with Crippen LogP contribution in [0.5, 0.6) is 0 Å². The molecule has 2 saturated heterocycles. The van der Waals surface area contributed by atoms with Crippen LogP contribution >= 0.6 is 0 Å². The molecule has 1 amide bonds. The Balaban J connectivity index is 1.15. The Kier molecular flexibility index (Phi) is 6.05. The van der Waals surface area contributed by atoms with Gasteiger partial charge in [0.15, 0.2) is 0 Å². The quantitative estimate of drug-likeness (QED) is 0.815. The molecule has 2 fully saturated rings. The van der Waals surface area contributed by atoms with Crippen LogP contribution in [0.15, 0.2) is 36.7 Å². The van der Waals surface area contributed by atoms with E-state index >= 15 is 0 Å². The number of nitrogens with zero attached hydrogens (tertiary/aromatic N) is 4. The van der Waals surface area contributed by atoms with Gasteiger partial charge in [-0.1, -0.05) is 24.3 Å². The second-order valence-electron chi connectivity index (χ2n) is 9.20. The van der Waals surface area contributed by atoms with Gasteiger partial charge in [-0.3, -0.25) is 4.79 Å². The first-order valence-electron chi connectivity index (χ1n) is 12.0. The maximum Gasteiger partial charge on any atom is 0.225 e. The Hall–Kier alpha value is -2.63. The topological polar surface area (TPSA) is 61.4 Å². The van der Waals surface area contributed by atoms with Crippen molar-refractivity contribution in [3.05, 3.63) is 47.8 Å². The van der Waals surface area contributed by atoms with Crippen LogP contribution in [0.2, 0.25) is 0 Å². The van der Waals surface area contributed by atoms with Crippen molar-refractivity contribution in [1.82, 2.24) is 15.3 Å². The maximum atomic E-state index is 13.0. The molecule has 0 spiro atoms. The third-order valence-corrected chi connectivity index (χ3v) is 7.18. The summed E-state index contributed by atoms with van der Waals surface area (Å²) < 4.78 is 0. The lowest BCUT2D eigenvalue weighted by atomic mass is 9.87. The van der Waals surface area contributed by atoms with Crippen LogP contribution in [0, 0.1) is 5.92 Å². The van der Waals surface area contributed by atoms with Gasteiger partial charge >= 0.3 is 0 Å². The number of hydrogen-bond acceptors (Lipinski definition) is 5. The Morgan fingerprint density at radius 2 is 1.61 bits per heavy atom. The van der Waals surface area contributed by atoms with Crippen molar-refractivity contribution in [3.63, 3.8) is 0 Å². The summed E-state index contributed by atoms with van der Waals surface area (Å²) in [5.41, 5.74) is 3.77. The van der Waals surface area contributed by atoms with Gasteiger partial charge in [-0.2, -0.15) is 0 Å². The molecule has 6 heteroatoms. The van der Waals surface area contributed by atoms with Crippen LogP contribution in [0.25, 0.3) is 0 Å². The number of amides is 1. The van der Waals surface area contributed by atoms with Gasteiger partial charge in [-0.25, -0.2) is 9.97 Å². The van der Waals surface area contributed by atoms with Gasteiger partial charge in [0.1, 0.15) is 0 Å². The minimum absolute atomic E-state index is 0.0962. The van der Waals surface area contributed by atoms with Crippen LogP contribution in [0.1, 0.15) is 62.1 Å². The van der Waals surface area contributed by atoms with E-state index in [4.69, 9.17) is 0 Å². The third-order valence-electron chi connectivity index (χ3n) is 7.18. The van der Waals surface area contributed by atoms with E-state index in [-0.39, 0.29) is 17.9 Å². The SMILES string of the molecule is O=C(NC1CCCc2ccccc21)C1CCN(c2cnc(N3CCCCC3)nc2)CC1. The van der Waals surface area contributed by atoms with Crippen LogP contribution in [0.3, 0.4) is 0 Å². The summed E-state index contributed by atoms with van der Waals surface area (Å²) >= 11 is 0. The molecular formula is C25H33N5O. The number of aryl methyl sites for hydroxylation is 1. The summed E-state index contributed by atoms with van der Waals surface area (Å²) in [6, 6.07) is 8.73. The molecule has 0 bridgehead atoms. The Labute approximate surface area is 185 Å². The average molecular weight is 420 g/mol. The van der Waals surface area contributed by atoms with Crippen LogP contribution in [0.4, 0.5) is 11.6 Å². The van der Waals surface area contributed by atoms with Gasteiger partial charge in [0.05, 0.1) is 24.1 Å². The number of anilines is 2. The first-order valence-corrected chi connectivity index (χ1v) is 12.0. The van der Waals surface area contributed by atoms with Crippen molar-refractivity contribution in [2.24, 2.45) is 5.92 Å². The van der Waals surface area contributed by atoms with Crippen molar-refractivity contribution in [2.75, 3.05) is 36.0 Å². The monoisotopic (exact) mass is 419 g/mol. The van der Waals surface area contributed by atoms with Gasteiger partial charge in [0.2, 0.25) is 11.9 Å². The summed E-state index contributed by atoms with van der Waals surface area (Å²) in [6.07, 6.45) is 12.8. The number of piperidine rings is 2. The van der Waals surface area contributed by atoms with E-state index in [1.54, 1.807) is 0 Å². The highest BCUT2D eigenvalue weighted by atomic mass is 16.1. The smallest absolute Gasteiger partial charge is 0.225 e. The first kappa shape index (κ1) is 20.3. The lowest BCUT2D eigenvalue weighted by Gasteiger charge is -2.34. The Morgan fingerprint density at radius 1 is 0.871 bits per heavy atom. The molecule has 1 atom stereocenters. The second-order valence-corrected chi connectivity index (χ2v) is 9.20. The highest BCUT2D eigenvalue weighted by molar-refractivity contribution is 5.79. The van der Waals surface area contributed by atoms with E-state index in [2.05, 4.69) is 49.4 Å². The normalized spacial score (nSPS) is 22.1. The van der Waals surface area contributed by atoms with Crippen molar-refractivity contribution in [3.8, 4) is 0 Å². The summed E-state index contributed by atoms with van der Waals surface area (Å²) in [7, 11) is 0. The van der Waals surface area contributed by atoms with Crippen LogP contribution in [-0.4, -0.2) is 42.1 Å². The molecule has 6 nitrogen and oxygen atoms in total. The molecule has 3 aliphatic rings. The zero-order chi connectivity index (χ0) is 21.0.